The number of hydrogen-bond donors (Lipinski definition) is 0. The minimum Gasteiger partial charge on any atom is -0.261 e. The lowest BCUT2D eigenvalue weighted by Crippen LogP contribution is -2.01. The van der Waals surface area contributed by atoms with Gasteiger partial charge in [0.05, 0.1) is 11.4 Å². The standard InChI is InChI=1S/C14H24N2/c1-11(2)5-7-13-9-15-10-14(16-13)8-6-12(3)4/h9-12H,5-8H2,1-4H3. The van der Waals surface area contributed by atoms with Crippen LogP contribution in [0.1, 0.15) is 51.9 Å². The Kier molecular flexibility index (Phi) is 5.44. The van der Waals surface area contributed by atoms with Crippen LogP contribution in [0.25, 0.3) is 0 Å². The van der Waals surface area contributed by atoms with Crippen molar-refractivity contribution in [1.82, 2.24) is 9.97 Å². The number of hydrogen-bond acceptors (Lipinski definition) is 2. The van der Waals surface area contributed by atoms with Gasteiger partial charge in [0.1, 0.15) is 0 Å². The molecule has 90 valence electrons. The highest BCUT2D eigenvalue weighted by Crippen LogP contribution is 2.09. The highest BCUT2D eigenvalue weighted by atomic mass is 14.8. The summed E-state index contributed by atoms with van der Waals surface area (Å²) in [4.78, 5) is 8.93. The van der Waals surface area contributed by atoms with Gasteiger partial charge in [0.2, 0.25) is 0 Å². The Bertz CT molecular complexity index is 278. The molecule has 0 radical (unpaired) electrons. The summed E-state index contributed by atoms with van der Waals surface area (Å²) in [5.41, 5.74) is 2.30. The van der Waals surface area contributed by atoms with Gasteiger partial charge in [-0.3, -0.25) is 9.97 Å². The molecule has 0 saturated heterocycles. The van der Waals surface area contributed by atoms with Gasteiger partial charge in [0.15, 0.2) is 0 Å². The van der Waals surface area contributed by atoms with Gasteiger partial charge in [-0.2, -0.15) is 0 Å². The molecule has 0 aliphatic rings. The fourth-order valence-corrected chi connectivity index (χ4v) is 1.57. The first kappa shape index (κ1) is 13.1. The van der Waals surface area contributed by atoms with Gasteiger partial charge in [-0.1, -0.05) is 27.7 Å². The molecule has 16 heavy (non-hydrogen) atoms. The first-order valence-corrected chi connectivity index (χ1v) is 6.37. The maximum absolute atomic E-state index is 4.65. The highest BCUT2D eigenvalue weighted by molar-refractivity contribution is 5.03. The molecule has 1 aromatic heterocycles. The van der Waals surface area contributed by atoms with Crippen molar-refractivity contribution in [2.75, 3.05) is 0 Å². The second-order valence-corrected chi connectivity index (χ2v) is 5.37. The summed E-state index contributed by atoms with van der Waals surface area (Å²) in [6, 6.07) is 0. The van der Waals surface area contributed by atoms with Gasteiger partial charge in [-0.15, -0.1) is 0 Å². The minimum atomic E-state index is 0.737. The number of aromatic nitrogens is 2. The monoisotopic (exact) mass is 220 g/mol. The number of aryl methyl sites for hydroxylation is 2. The van der Waals surface area contributed by atoms with Crippen LogP contribution in [0, 0.1) is 11.8 Å². The third-order valence-corrected chi connectivity index (χ3v) is 2.69. The van der Waals surface area contributed by atoms with E-state index in [0.29, 0.717) is 0 Å². The Labute approximate surface area is 99.5 Å². The maximum atomic E-state index is 4.65. The third kappa shape index (κ3) is 5.24. The molecule has 2 nitrogen and oxygen atoms in total. The molecule has 2 heteroatoms. The van der Waals surface area contributed by atoms with E-state index in [2.05, 4.69) is 37.7 Å². The highest BCUT2D eigenvalue weighted by Gasteiger charge is 2.02. The number of rotatable bonds is 6. The summed E-state index contributed by atoms with van der Waals surface area (Å²) in [6.07, 6.45) is 8.31. The topological polar surface area (TPSA) is 25.8 Å². The van der Waals surface area contributed by atoms with Crippen molar-refractivity contribution in [3.8, 4) is 0 Å². The summed E-state index contributed by atoms with van der Waals surface area (Å²) in [5.74, 6) is 1.47. The van der Waals surface area contributed by atoms with Crippen molar-refractivity contribution >= 4 is 0 Å². The molecule has 0 unspecified atom stereocenters. The van der Waals surface area contributed by atoms with Crippen LogP contribution in [-0.4, -0.2) is 9.97 Å². The third-order valence-electron chi connectivity index (χ3n) is 2.69. The molecule has 0 saturated carbocycles. The molecule has 0 aliphatic heterocycles. The molecule has 0 atom stereocenters. The Morgan fingerprint density at radius 3 is 1.69 bits per heavy atom. The van der Waals surface area contributed by atoms with Crippen LogP contribution in [0.4, 0.5) is 0 Å². The Morgan fingerprint density at radius 1 is 0.875 bits per heavy atom. The summed E-state index contributed by atoms with van der Waals surface area (Å²) in [6.45, 7) is 8.98. The smallest absolute Gasteiger partial charge is 0.0590 e. The van der Waals surface area contributed by atoms with Gasteiger partial charge in [0.25, 0.3) is 0 Å². The molecule has 0 spiro atoms. The van der Waals surface area contributed by atoms with Crippen molar-refractivity contribution in [2.24, 2.45) is 11.8 Å². The molecule has 0 fully saturated rings. The fraction of sp³-hybridized carbons (Fsp3) is 0.714. The molecule has 0 amide bonds. The second-order valence-electron chi connectivity index (χ2n) is 5.37. The van der Waals surface area contributed by atoms with Crippen LogP contribution in [0.3, 0.4) is 0 Å². The van der Waals surface area contributed by atoms with Crippen LogP contribution in [0.2, 0.25) is 0 Å². The van der Waals surface area contributed by atoms with E-state index < -0.39 is 0 Å². The lowest BCUT2D eigenvalue weighted by atomic mass is 10.1. The Morgan fingerprint density at radius 2 is 1.31 bits per heavy atom. The minimum absolute atomic E-state index is 0.737. The van der Waals surface area contributed by atoms with E-state index in [0.717, 1.165) is 36.1 Å². The van der Waals surface area contributed by atoms with Gasteiger partial charge in [0, 0.05) is 12.4 Å². The van der Waals surface area contributed by atoms with Crippen molar-refractivity contribution < 1.29 is 0 Å². The van der Waals surface area contributed by atoms with E-state index in [9.17, 15) is 0 Å². The van der Waals surface area contributed by atoms with E-state index in [1.165, 1.54) is 12.8 Å². The van der Waals surface area contributed by atoms with Gasteiger partial charge in [-0.25, -0.2) is 0 Å². The van der Waals surface area contributed by atoms with Crippen LogP contribution in [0.15, 0.2) is 12.4 Å². The molecule has 1 rings (SSSR count). The lowest BCUT2D eigenvalue weighted by Gasteiger charge is -2.07. The summed E-state index contributed by atoms with van der Waals surface area (Å²) in [5, 5.41) is 0. The predicted molar refractivity (Wildman–Crippen MR) is 68.4 cm³/mol. The van der Waals surface area contributed by atoms with Crippen molar-refractivity contribution in [3.05, 3.63) is 23.8 Å². The molecule has 1 aromatic rings. The van der Waals surface area contributed by atoms with Gasteiger partial charge >= 0.3 is 0 Å². The second kappa shape index (κ2) is 6.62. The fourth-order valence-electron chi connectivity index (χ4n) is 1.57. The molecular weight excluding hydrogens is 196 g/mol. The largest absolute Gasteiger partial charge is 0.261 e. The zero-order chi connectivity index (χ0) is 12.0. The van der Waals surface area contributed by atoms with Crippen LogP contribution in [-0.2, 0) is 12.8 Å². The quantitative estimate of drug-likeness (QED) is 0.731. The molecule has 0 bridgehead atoms. The molecular formula is C14H24N2. The van der Waals surface area contributed by atoms with Gasteiger partial charge in [-0.05, 0) is 37.5 Å². The summed E-state index contributed by atoms with van der Waals surface area (Å²) < 4.78 is 0. The van der Waals surface area contributed by atoms with Crippen LogP contribution >= 0.6 is 0 Å². The van der Waals surface area contributed by atoms with Crippen molar-refractivity contribution in [1.29, 1.82) is 0 Å². The zero-order valence-corrected chi connectivity index (χ0v) is 11.0. The molecule has 0 aliphatic carbocycles. The SMILES string of the molecule is CC(C)CCc1cncc(CCC(C)C)n1. The van der Waals surface area contributed by atoms with Crippen LogP contribution in [0.5, 0.6) is 0 Å². The summed E-state index contributed by atoms with van der Waals surface area (Å²) >= 11 is 0. The van der Waals surface area contributed by atoms with Crippen molar-refractivity contribution in [3.63, 3.8) is 0 Å². The first-order chi connectivity index (χ1) is 7.58. The van der Waals surface area contributed by atoms with Crippen molar-refractivity contribution in [2.45, 2.75) is 53.4 Å². The van der Waals surface area contributed by atoms with E-state index >= 15 is 0 Å². The molecule has 0 aromatic carbocycles. The zero-order valence-electron chi connectivity index (χ0n) is 11.0. The maximum Gasteiger partial charge on any atom is 0.0590 e. The predicted octanol–water partition coefficient (Wildman–Crippen LogP) is 3.65. The lowest BCUT2D eigenvalue weighted by molar-refractivity contribution is 0.568. The van der Waals surface area contributed by atoms with Gasteiger partial charge < -0.3 is 0 Å². The normalized spacial score (nSPS) is 11.4. The van der Waals surface area contributed by atoms with E-state index in [1.807, 2.05) is 12.4 Å². The Balaban J connectivity index is 2.50. The number of nitrogens with zero attached hydrogens (tertiary/aromatic N) is 2. The first-order valence-electron chi connectivity index (χ1n) is 6.37. The Hall–Kier alpha value is -0.920. The summed E-state index contributed by atoms with van der Waals surface area (Å²) in [7, 11) is 0. The van der Waals surface area contributed by atoms with E-state index in [4.69, 9.17) is 0 Å². The van der Waals surface area contributed by atoms with E-state index in [-0.39, 0.29) is 0 Å². The van der Waals surface area contributed by atoms with E-state index in [1.54, 1.807) is 0 Å². The van der Waals surface area contributed by atoms with Crippen LogP contribution < -0.4 is 0 Å². The molecule has 1 heterocycles. The molecule has 0 N–H and O–H groups in total. The average Bonchev–Trinajstić information content (AvgIpc) is 2.24. The average molecular weight is 220 g/mol.